The maximum atomic E-state index is 14.0. The van der Waals surface area contributed by atoms with Crippen molar-refractivity contribution in [3.8, 4) is 0 Å². The summed E-state index contributed by atoms with van der Waals surface area (Å²) in [6.07, 6.45) is 3.90. The fourth-order valence-electron chi connectivity index (χ4n) is 3.11. The number of piperidine rings is 1. The van der Waals surface area contributed by atoms with Gasteiger partial charge in [0.05, 0.1) is 5.69 Å². The van der Waals surface area contributed by atoms with Gasteiger partial charge in [0.2, 0.25) is 0 Å². The van der Waals surface area contributed by atoms with E-state index in [0.29, 0.717) is 6.04 Å². The van der Waals surface area contributed by atoms with Crippen LogP contribution in [0.4, 0.5) is 10.1 Å². The number of nitrogens with zero attached hydrogens (tertiary/aromatic N) is 2. The van der Waals surface area contributed by atoms with E-state index < -0.39 is 0 Å². The number of benzene rings is 1. The first-order valence-corrected chi connectivity index (χ1v) is 7.47. The summed E-state index contributed by atoms with van der Waals surface area (Å²) in [5.41, 5.74) is 0.753. The molecular weight excluding hydrogens is 295 g/mol. The Morgan fingerprint density at radius 2 is 2.06 bits per heavy atom. The first-order chi connectivity index (χ1) is 8.74. The lowest BCUT2D eigenvalue weighted by Crippen LogP contribution is -2.55. The van der Waals surface area contributed by atoms with E-state index in [2.05, 4.69) is 25.7 Å². The molecule has 0 radical (unpaired) electrons. The van der Waals surface area contributed by atoms with Crippen molar-refractivity contribution in [2.75, 3.05) is 31.1 Å². The van der Waals surface area contributed by atoms with Crippen molar-refractivity contribution in [3.63, 3.8) is 0 Å². The number of hydrogen-bond donors (Lipinski definition) is 0. The number of rotatable bonds is 1. The van der Waals surface area contributed by atoms with E-state index in [-0.39, 0.29) is 5.82 Å². The summed E-state index contributed by atoms with van der Waals surface area (Å²) >= 11 is 3.31. The molecule has 3 rings (SSSR count). The van der Waals surface area contributed by atoms with E-state index in [1.807, 2.05) is 12.1 Å². The van der Waals surface area contributed by atoms with Gasteiger partial charge in [-0.2, -0.15) is 0 Å². The Kier molecular flexibility index (Phi) is 3.57. The zero-order chi connectivity index (χ0) is 12.5. The van der Waals surface area contributed by atoms with Gasteiger partial charge in [-0.15, -0.1) is 0 Å². The molecule has 2 nitrogen and oxygen atoms in total. The first-order valence-electron chi connectivity index (χ1n) is 6.68. The average molecular weight is 313 g/mol. The summed E-state index contributed by atoms with van der Waals surface area (Å²) in [4.78, 5) is 4.77. The highest BCUT2D eigenvalue weighted by atomic mass is 79.9. The number of anilines is 1. The third-order valence-corrected chi connectivity index (χ3v) is 4.58. The van der Waals surface area contributed by atoms with Gasteiger partial charge in [-0.05, 0) is 37.6 Å². The highest BCUT2D eigenvalue weighted by Gasteiger charge is 2.29. The first kappa shape index (κ1) is 12.4. The van der Waals surface area contributed by atoms with Crippen molar-refractivity contribution >= 4 is 21.6 Å². The fraction of sp³-hybridized carbons (Fsp3) is 0.571. The predicted octanol–water partition coefficient (Wildman–Crippen LogP) is 3.26. The molecule has 2 saturated heterocycles. The molecule has 2 aliphatic rings. The van der Waals surface area contributed by atoms with Crippen molar-refractivity contribution in [1.29, 1.82) is 0 Å². The van der Waals surface area contributed by atoms with Crippen LogP contribution < -0.4 is 4.90 Å². The second-order valence-corrected chi connectivity index (χ2v) is 6.14. The zero-order valence-electron chi connectivity index (χ0n) is 10.4. The molecule has 0 saturated carbocycles. The van der Waals surface area contributed by atoms with Crippen LogP contribution in [0.2, 0.25) is 0 Å². The number of piperazine rings is 1. The van der Waals surface area contributed by atoms with Gasteiger partial charge in [0, 0.05) is 30.1 Å². The molecule has 2 fully saturated rings. The van der Waals surface area contributed by atoms with Gasteiger partial charge in [0.15, 0.2) is 0 Å². The Hall–Kier alpha value is -0.610. The molecule has 1 aromatic rings. The molecule has 1 unspecified atom stereocenters. The molecule has 98 valence electrons. The molecule has 1 aromatic carbocycles. The molecule has 0 bridgehead atoms. The summed E-state index contributed by atoms with van der Waals surface area (Å²) in [6, 6.07) is 5.99. The third-order valence-electron chi connectivity index (χ3n) is 4.09. The average Bonchev–Trinajstić information content (AvgIpc) is 2.38. The van der Waals surface area contributed by atoms with Crippen LogP contribution in [0.15, 0.2) is 22.7 Å². The number of hydrogen-bond acceptors (Lipinski definition) is 2. The molecule has 0 amide bonds. The Bertz CT molecular complexity index is 438. The largest absolute Gasteiger partial charge is 0.366 e. The molecule has 0 N–H and O–H groups in total. The van der Waals surface area contributed by atoms with E-state index in [4.69, 9.17) is 0 Å². The molecular formula is C14H18BrFN2. The van der Waals surface area contributed by atoms with Crippen LogP contribution in [0, 0.1) is 5.82 Å². The van der Waals surface area contributed by atoms with E-state index in [0.717, 1.165) is 29.8 Å². The van der Waals surface area contributed by atoms with Crippen LogP contribution in [0.1, 0.15) is 19.3 Å². The summed E-state index contributed by atoms with van der Waals surface area (Å²) in [6.45, 7) is 4.20. The Morgan fingerprint density at radius 1 is 1.17 bits per heavy atom. The fourth-order valence-corrected chi connectivity index (χ4v) is 3.45. The number of fused-ring (bicyclic) bond motifs is 1. The Morgan fingerprint density at radius 3 is 2.89 bits per heavy atom. The highest BCUT2D eigenvalue weighted by molar-refractivity contribution is 9.10. The van der Waals surface area contributed by atoms with E-state index in [9.17, 15) is 4.39 Å². The normalized spacial score (nSPS) is 25.0. The molecule has 1 atom stereocenters. The lowest BCUT2D eigenvalue weighted by Gasteiger charge is -2.45. The number of halogens is 2. The van der Waals surface area contributed by atoms with Crippen LogP contribution in [0.3, 0.4) is 0 Å². The summed E-state index contributed by atoms with van der Waals surface area (Å²) in [5.74, 6) is -0.117. The Balaban J connectivity index is 1.77. The van der Waals surface area contributed by atoms with E-state index >= 15 is 0 Å². The standard InChI is InChI=1S/C14H18BrFN2/c15-11-4-5-14(13(16)9-11)18-8-7-17-6-2-1-3-12(17)10-18/h4-5,9,12H,1-3,6-8,10H2. The molecule has 0 aliphatic carbocycles. The molecule has 2 aliphatic heterocycles. The van der Waals surface area contributed by atoms with Crippen molar-refractivity contribution in [2.45, 2.75) is 25.3 Å². The second-order valence-electron chi connectivity index (χ2n) is 5.23. The lowest BCUT2D eigenvalue weighted by molar-refractivity contribution is 0.133. The summed E-state index contributed by atoms with van der Waals surface area (Å²) < 4.78 is 14.8. The molecule has 2 heterocycles. The van der Waals surface area contributed by atoms with E-state index in [1.54, 1.807) is 6.07 Å². The van der Waals surface area contributed by atoms with Gasteiger partial charge in [-0.3, -0.25) is 4.90 Å². The van der Waals surface area contributed by atoms with Gasteiger partial charge >= 0.3 is 0 Å². The van der Waals surface area contributed by atoms with Gasteiger partial charge in [-0.1, -0.05) is 22.4 Å². The minimum absolute atomic E-state index is 0.117. The smallest absolute Gasteiger partial charge is 0.147 e. The maximum absolute atomic E-state index is 14.0. The van der Waals surface area contributed by atoms with Gasteiger partial charge in [0.25, 0.3) is 0 Å². The zero-order valence-corrected chi connectivity index (χ0v) is 12.0. The van der Waals surface area contributed by atoms with Crippen LogP contribution in [-0.4, -0.2) is 37.1 Å². The van der Waals surface area contributed by atoms with Gasteiger partial charge < -0.3 is 4.90 Å². The molecule has 0 spiro atoms. The van der Waals surface area contributed by atoms with Crippen molar-refractivity contribution in [2.24, 2.45) is 0 Å². The second kappa shape index (κ2) is 5.17. The summed E-state index contributed by atoms with van der Waals surface area (Å²) in [5, 5.41) is 0. The minimum atomic E-state index is -0.117. The SMILES string of the molecule is Fc1cc(Br)ccc1N1CCN2CCCCC2C1. The van der Waals surface area contributed by atoms with Crippen LogP contribution >= 0.6 is 15.9 Å². The topological polar surface area (TPSA) is 6.48 Å². The quantitative estimate of drug-likeness (QED) is 0.785. The predicted molar refractivity (Wildman–Crippen MR) is 75.5 cm³/mol. The maximum Gasteiger partial charge on any atom is 0.147 e. The van der Waals surface area contributed by atoms with Gasteiger partial charge in [-0.25, -0.2) is 4.39 Å². The monoisotopic (exact) mass is 312 g/mol. The van der Waals surface area contributed by atoms with Crippen molar-refractivity contribution in [1.82, 2.24) is 4.90 Å². The minimum Gasteiger partial charge on any atom is -0.366 e. The Labute approximate surface area is 116 Å². The lowest BCUT2D eigenvalue weighted by atomic mass is 9.99. The molecule has 18 heavy (non-hydrogen) atoms. The van der Waals surface area contributed by atoms with Crippen LogP contribution in [-0.2, 0) is 0 Å². The van der Waals surface area contributed by atoms with Crippen molar-refractivity contribution < 1.29 is 4.39 Å². The third kappa shape index (κ3) is 2.41. The van der Waals surface area contributed by atoms with E-state index in [1.165, 1.54) is 25.8 Å². The molecule has 4 heteroatoms. The van der Waals surface area contributed by atoms with Crippen molar-refractivity contribution in [3.05, 3.63) is 28.5 Å². The summed E-state index contributed by atoms with van der Waals surface area (Å²) in [7, 11) is 0. The molecule has 0 aromatic heterocycles. The van der Waals surface area contributed by atoms with Crippen LogP contribution in [0.5, 0.6) is 0 Å². The van der Waals surface area contributed by atoms with Gasteiger partial charge in [0.1, 0.15) is 5.82 Å². The van der Waals surface area contributed by atoms with Crippen LogP contribution in [0.25, 0.3) is 0 Å². The highest BCUT2D eigenvalue weighted by Crippen LogP contribution is 2.28.